The van der Waals surface area contributed by atoms with Crippen molar-refractivity contribution in [1.29, 1.82) is 0 Å². The summed E-state index contributed by atoms with van der Waals surface area (Å²) in [4.78, 5) is 23.2. The van der Waals surface area contributed by atoms with E-state index in [1.807, 2.05) is 0 Å². The van der Waals surface area contributed by atoms with Gasteiger partial charge in [-0.15, -0.1) is 0 Å². The Morgan fingerprint density at radius 1 is 1.05 bits per heavy atom. The van der Waals surface area contributed by atoms with Gasteiger partial charge in [-0.3, -0.25) is 9.59 Å². The van der Waals surface area contributed by atoms with Crippen molar-refractivity contribution in [2.75, 3.05) is 20.8 Å². The molecule has 5 nitrogen and oxygen atoms in total. The molecule has 20 heavy (non-hydrogen) atoms. The van der Waals surface area contributed by atoms with E-state index in [1.165, 1.54) is 7.11 Å². The molecule has 0 N–H and O–H groups in total. The number of rotatable bonds is 8. The number of ether oxygens (including phenoxy) is 3. The first-order valence-electron chi connectivity index (χ1n) is 6.53. The third kappa shape index (κ3) is 4.57. The van der Waals surface area contributed by atoms with Crippen molar-refractivity contribution in [3.05, 3.63) is 23.8 Å². The fourth-order valence-electron chi connectivity index (χ4n) is 1.78. The van der Waals surface area contributed by atoms with Crippen molar-refractivity contribution in [3.8, 4) is 11.5 Å². The van der Waals surface area contributed by atoms with E-state index in [1.54, 1.807) is 32.2 Å². The lowest BCUT2D eigenvalue weighted by Crippen LogP contribution is -2.06. The first kappa shape index (κ1) is 16.0. The van der Waals surface area contributed by atoms with Gasteiger partial charge in [0.25, 0.3) is 0 Å². The fourth-order valence-corrected chi connectivity index (χ4v) is 1.78. The Morgan fingerprint density at radius 3 is 2.35 bits per heavy atom. The van der Waals surface area contributed by atoms with Gasteiger partial charge in [0, 0.05) is 18.4 Å². The minimum absolute atomic E-state index is 0.0322. The number of carbonyl (C=O) groups excluding carboxylic acids is 2. The maximum Gasteiger partial charge on any atom is 0.305 e. The molecule has 1 rings (SSSR count). The molecule has 0 saturated heterocycles. The largest absolute Gasteiger partial charge is 0.493 e. The van der Waals surface area contributed by atoms with E-state index < -0.39 is 0 Å². The molecule has 0 bridgehead atoms. The van der Waals surface area contributed by atoms with E-state index in [-0.39, 0.29) is 18.2 Å². The van der Waals surface area contributed by atoms with Gasteiger partial charge in [0.05, 0.1) is 20.8 Å². The van der Waals surface area contributed by atoms with Gasteiger partial charge in [-0.25, -0.2) is 0 Å². The zero-order chi connectivity index (χ0) is 15.0. The van der Waals surface area contributed by atoms with Gasteiger partial charge in [-0.1, -0.05) is 0 Å². The van der Waals surface area contributed by atoms with Crippen LogP contribution in [-0.2, 0) is 9.53 Å². The lowest BCUT2D eigenvalue weighted by molar-refractivity contribution is -0.143. The maximum atomic E-state index is 12.0. The molecule has 0 aliphatic rings. The van der Waals surface area contributed by atoms with Gasteiger partial charge in [-0.05, 0) is 31.5 Å². The first-order valence-corrected chi connectivity index (χ1v) is 6.53. The highest BCUT2D eigenvalue weighted by Gasteiger charge is 2.11. The summed E-state index contributed by atoms with van der Waals surface area (Å²) in [6.07, 6.45) is 1.03. The minimum atomic E-state index is -0.271. The Hall–Kier alpha value is -2.04. The van der Waals surface area contributed by atoms with Gasteiger partial charge in [-0.2, -0.15) is 0 Å². The first-order chi connectivity index (χ1) is 9.62. The molecule has 0 spiro atoms. The van der Waals surface area contributed by atoms with Crippen LogP contribution in [0.2, 0.25) is 0 Å². The Bertz CT molecular complexity index is 467. The van der Waals surface area contributed by atoms with Crippen LogP contribution in [0.3, 0.4) is 0 Å². The molecule has 0 atom stereocenters. The zero-order valence-electron chi connectivity index (χ0n) is 12.1. The quantitative estimate of drug-likeness (QED) is 0.541. The molecule has 0 amide bonds. The highest BCUT2D eigenvalue weighted by atomic mass is 16.5. The number of methoxy groups -OCH3 is 2. The number of esters is 1. The zero-order valence-corrected chi connectivity index (χ0v) is 12.1. The summed E-state index contributed by atoms with van der Waals surface area (Å²) in [5, 5.41) is 0. The highest BCUT2D eigenvalue weighted by Crippen LogP contribution is 2.28. The second kappa shape index (κ2) is 8.19. The van der Waals surface area contributed by atoms with Gasteiger partial charge in [0.1, 0.15) is 0 Å². The van der Waals surface area contributed by atoms with Crippen molar-refractivity contribution < 1.29 is 23.8 Å². The third-order valence-corrected chi connectivity index (χ3v) is 2.80. The van der Waals surface area contributed by atoms with Crippen molar-refractivity contribution in [3.63, 3.8) is 0 Å². The van der Waals surface area contributed by atoms with Gasteiger partial charge < -0.3 is 14.2 Å². The normalized spacial score (nSPS) is 9.95. The minimum Gasteiger partial charge on any atom is -0.493 e. The maximum absolute atomic E-state index is 12.0. The van der Waals surface area contributed by atoms with E-state index in [4.69, 9.17) is 14.2 Å². The Labute approximate surface area is 118 Å². The van der Waals surface area contributed by atoms with Crippen LogP contribution >= 0.6 is 0 Å². The van der Waals surface area contributed by atoms with E-state index in [9.17, 15) is 9.59 Å². The van der Waals surface area contributed by atoms with Crippen LogP contribution in [0.25, 0.3) is 0 Å². The lowest BCUT2D eigenvalue weighted by Gasteiger charge is -2.09. The molecule has 0 saturated carbocycles. The van der Waals surface area contributed by atoms with Crippen LogP contribution in [0, 0.1) is 0 Å². The Morgan fingerprint density at radius 2 is 1.75 bits per heavy atom. The van der Waals surface area contributed by atoms with E-state index >= 15 is 0 Å². The molecular weight excluding hydrogens is 260 g/mol. The van der Waals surface area contributed by atoms with Crippen LogP contribution in [0.1, 0.15) is 36.5 Å². The number of hydrogen-bond donors (Lipinski definition) is 0. The van der Waals surface area contributed by atoms with Crippen LogP contribution in [0.15, 0.2) is 18.2 Å². The predicted molar refractivity (Wildman–Crippen MR) is 74.4 cm³/mol. The van der Waals surface area contributed by atoms with Gasteiger partial charge >= 0.3 is 5.97 Å². The molecule has 0 unspecified atom stereocenters. The Kier molecular flexibility index (Phi) is 6.56. The molecule has 1 aromatic carbocycles. The molecule has 0 aromatic heterocycles. The van der Waals surface area contributed by atoms with E-state index in [0.717, 1.165) is 0 Å². The molecule has 1 aromatic rings. The number of hydrogen-bond acceptors (Lipinski definition) is 5. The molecule has 5 heteroatoms. The molecule has 0 aliphatic heterocycles. The smallest absolute Gasteiger partial charge is 0.305 e. The number of Topliss-reactive ketones (excluding diaryl/α,β-unsaturated/α-hetero) is 1. The number of benzene rings is 1. The molecule has 0 heterocycles. The third-order valence-electron chi connectivity index (χ3n) is 2.80. The summed E-state index contributed by atoms with van der Waals surface area (Å²) in [6, 6.07) is 5.02. The monoisotopic (exact) mass is 280 g/mol. The van der Waals surface area contributed by atoms with Gasteiger partial charge in [0.15, 0.2) is 17.3 Å². The second-order valence-corrected chi connectivity index (χ2v) is 4.15. The summed E-state index contributed by atoms with van der Waals surface area (Å²) in [6.45, 7) is 2.12. The van der Waals surface area contributed by atoms with E-state index in [0.29, 0.717) is 36.5 Å². The summed E-state index contributed by atoms with van der Waals surface area (Å²) in [5.41, 5.74) is 0.548. The van der Waals surface area contributed by atoms with Crippen LogP contribution < -0.4 is 9.47 Å². The van der Waals surface area contributed by atoms with Crippen molar-refractivity contribution in [1.82, 2.24) is 0 Å². The summed E-state index contributed by atoms with van der Waals surface area (Å²) >= 11 is 0. The predicted octanol–water partition coefficient (Wildman–Crippen LogP) is 2.62. The summed E-state index contributed by atoms with van der Waals surface area (Å²) in [5.74, 6) is 0.794. The molecule has 110 valence electrons. The molecule has 0 aliphatic carbocycles. The fraction of sp³-hybridized carbons (Fsp3) is 0.467. The summed E-state index contributed by atoms with van der Waals surface area (Å²) in [7, 11) is 3.06. The SMILES string of the molecule is CCOC(=O)CCCC(=O)c1ccc(OC)c(OC)c1. The lowest BCUT2D eigenvalue weighted by atomic mass is 10.0. The van der Waals surface area contributed by atoms with Crippen molar-refractivity contribution in [2.45, 2.75) is 26.2 Å². The van der Waals surface area contributed by atoms with E-state index in [2.05, 4.69) is 0 Å². The van der Waals surface area contributed by atoms with Crippen molar-refractivity contribution >= 4 is 11.8 Å². The molecular formula is C15H20O5. The topological polar surface area (TPSA) is 61.8 Å². The average molecular weight is 280 g/mol. The Balaban J connectivity index is 2.57. The van der Waals surface area contributed by atoms with Crippen LogP contribution in [0.4, 0.5) is 0 Å². The summed E-state index contributed by atoms with van der Waals surface area (Å²) < 4.78 is 15.1. The van der Waals surface area contributed by atoms with Crippen LogP contribution in [-0.4, -0.2) is 32.6 Å². The van der Waals surface area contributed by atoms with Crippen molar-refractivity contribution in [2.24, 2.45) is 0 Å². The standard InChI is InChI=1S/C15H20O5/c1-4-20-15(17)7-5-6-12(16)11-8-9-13(18-2)14(10-11)19-3/h8-10H,4-7H2,1-3H3. The second-order valence-electron chi connectivity index (χ2n) is 4.15. The van der Waals surface area contributed by atoms with Gasteiger partial charge in [0.2, 0.25) is 0 Å². The molecule has 0 fully saturated rings. The number of ketones is 1. The van der Waals surface area contributed by atoms with Crippen LogP contribution in [0.5, 0.6) is 11.5 Å². The molecule has 0 radical (unpaired) electrons. The number of carbonyl (C=O) groups is 2. The highest BCUT2D eigenvalue weighted by molar-refractivity contribution is 5.96. The average Bonchev–Trinajstić information content (AvgIpc) is 2.46.